The molecule has 1 fully saturated rings. The highest BCUT2D eigenvalue weighted by atomic mass is 16.2. The summed E-state index contributed by atoms with van der Waals surface area (Å²) in [6.07, 6.45) is 7.02. The molecule has 1 atom stereocenters. The molecule has 5 nitrogen and oxygen atoms in total. The van der Waals surface area contributed by atoms with E-state index in [-0.39, 0.29) is 11.3 Å². The van der Waals surface area contributed by atoms with E-state index in [1.165, 1.54) is 5.56 Å². The lowest BCUT2D eigenvalue weighted by Gasteiger charge is -2.39. The maximum absolute atomic E-state index is 13.1. The molecule has 25 heavy (non-hydrogen) atoms. The van der Waals surface area contributed by atoms with Gasteiger partial charge in [-0.1, -0.05) is 25.1 Å². The molecule has 1 aromatic heterocycles. The van der Waals surface area contributed by atoms with Crippen molar-refractivity contribution < 1.29 is 4.79 Å². The van der Waals surface area contributed by atoms with Gasteiger partial charge in [-0.3, -0.25) is 9.69 Å². The number of nitrogens with zero attached hydrogens (tertiary/aromatic N) is 4. The maximum atomic E-state index is 13.1. The summed E-state index contributed by atoms with van der Waals surface area (Å²) in [6, 6.07) is 8.27. The molecular formula is C20H26N4O. The van der Waals surface area contributed by atoms with Crippen LogP contribution in [0.2, 0.25) is 0 Å². The van der Waals surface area contributed by atoms with Gasteiger partial charge in [0.2, 0.25) is 5.91 Å². The summed E-state index contributed by atoms with van der Waals surface area (Å²) in [4.78, 5) is 21.9. The van der Waals surface area contributed by atoms with Crippen LogP contribution in [0.25, 0.3) is 0 Å². The molecule has 2 aliphatic heterocycles. The third-order valence-corrected chi connectivity index (χ3v) is 5.70. The number of piperidine rings is 1. The van der Waals surface area contributed by atoms with E-state index in [0.717, 1.165) is 57.0 Å². The second-order valence-corrected chi connectivity index (χ2v) is 7.31. The first-order chi connectivity index (χ1) is 12.2. The Labute approximate surface area is 149 Å². The summed E-state index contributed by atoms with van der Waals surface area (Å²) in [6.45, 7) is 5.81. The first-order valence-corrected chi connectivity index (χ1v) is 9.26. The highest BCUT2D eigenvalue weighted by molar-refractivity contribution is 6.08. The van der Waals surface area contributed by atoms with Gasteiger partial charge in [-0.25, -0.2) is 4.98 Å². The summed E-state index contributed by atoms with van der Waals surface area (Å²) in [5.41, 5.74) is 1.89. The number of carbonyl (C=O) groups is 1. The summed E-state index contributed by atoms with van der Waals surface area (Å²) >= 11 is 0. The quantitative estimate of drug-likeness (QED) is 0.861. The molecule has 2 aromatic rings. The van der Waals surface area contributed by atoms with E-state index in [1.54, 1.807) is 0 Å². The minimum atomic E-state index is -0.383. The number of benzene rings is 1. The van der Waals surface area contributed by atoms with Crippen LogP contribution in [0.5, 0.6) is 0 Å². The highest BCUT2D eigenvalue weighted by Gasteiger charge is 2.51. The Morgan fingerprint density at radius 1 is 1.28 bits per heavy atom. The van der Waals surface area contributed by atoms with Crippen molar-refractivity contribution in [2.75, 3.05) is 25.0 Å². The minimum Gasteiger partial charge on any atom is -0.334 e. The van der Waals surface area contributed by atoms with Crippen LogP contribution in [0.3, 0.4) is 0 Å². The van der Waals surface area contributed by atoms with E-state index in [9.17, 15) is 4.79 Å². The lowest BCUT2D eigenvalue weighted by Crippen LogP contribution is -2.51. The number of aryl methyl sites for hydroxylation is 1. The third kappa shape index (κ3) is 2.58. The number of amides is 1. The molecule has 5 heteroatoms. The fraction of sp³-hybridized carbons (Fsp3) is 0.500. The molecule has 0 N–H and O–H groups in total. The van der Waals surface area contributed by atoms with Gasteiger partial charge in [0.05, 0.1) is 12.0 Å². The van der Waals surface area contributed by atoms with Gasteiger partial charge in [-0.05, 0) is 37.4 Å². The molecule has 4 rings (SSSR count). The maximum Gasteiger partial charge on any atom is 0.238 e. The number of carbonyl (C=O) groups excluding carboxylic acids is 1. The molecule has 0 saturated carbocycles. The van der Waals surface area contributed by atoms with E-state index >= 15 is 0 Å². The summed E-state index contributed by atoms with van der Waals surface area (Å²) in [5, 5.41) is 0. The number of likely N-dealkylation sites (N-methyl/N-ethyl adjacent to an activating group) is 1. The highest BCUT2D eigenvalue weighted by Crippen LogP contribution is 2.46. The number of aromatic nitrogens is 2. The monoisotopic (exact) mass is 338 g/mol. The van der Waals surface area contributed by atoms with Gasteiger partial charge in [-0.2, -0.15) is 0 Å². The summed E-state index contributed by atoms with van der Waals surface area (Å²) in [5.74, 6) is 1.35. The van der Waals surface area contributed by atoms with Gasteiger partial charge < -0.3 is 9.47 Å². The van der Waals surface area contributed by atoms with Crippen LogP contribution >= 0.6 is 0 Å². The Morgan fingerprint density at radius 3 is 2.96 bits per heavy atom. The van der Waals surface area contributed by atoms with Crippen molar-refractivity contribution in [2.45, 2.75) is 44.7 Å². The molecule has 3 heterocycles. The molecule has 0 unspecified atom stereocenters. The van der Waals surface area contributed by atoms with E-state index in [2.05, 4.69) is 45.8 Å². The summed E-state index contributed by atoms with van der Waals surface area (Å²) < 4.78 is 2.23. The van der Waals surface area contributed by atoms with Crippen LogP contribution in [0, 0.1) is 0 Å². The largest absolute Gasteiger partial charge is 0.334 e. The normalized spacial score (nSPS) is 23.4. The second-order valence-electron chi connectivity index (χ2n) is 7.31. The van der Waals surface area contributed by atoms with Crippen molar-refractivity contribution in [1.29, 1.82) is 0 Å². The average Bonchev–Trinajstić information content (AvgIpc) is 3.14. The van der Waals surface area contributed by atoms with E-state index < -0.39 is 0 Å². The number of imidazole rings is 1. The fourth-order valence-electron chi connectivity index (χ4n) is 4.53. The van der Waals surface area contributed by atoms with E-state index in [4.69, 9.17) is 0 Å². The van der Waals surface area contributed by atoms with E-state index in [1.807, 2.05) is 24.2 Å². The molecule has 1 aromatic carbocycles. The lowest BCUT2D eigenvalue weighted by atomic mass is 9.75. The van der Waals surface area contributed by atoms with Gasteiger partial charge in [-0.15, -0.1) is 0 Å². The number of anilines is 1. The van der Waals surface area contributed by atoms with Crippen LogP contribution in [-0.2, 0) is 23.3 Å². The second kappa shape index (κ2) is 6.30. The summed E-state index contributed by atoms with van der Waals surface area (Å²) in [7, 11) is 1.91. The van der Waals surface area contributed by atoms with Crippen molar-refractivity contribution >= 4 is 11.6 Å². The number of hydrogen-bond donors (Lipinski definition) is 0. The van der Waals surface area contributed by atoms with Gasteiger partial charge in [0, 0.05) is 38.2 Å². The molecule has 2 aliphatic rings. The number of fused-ring (bicyclic) bond motifs is 2. The van der Waals surface area contributed by atoms with Crippen LogP contribution in [0.1, 0.15) is 37.6 Å². The zero-order valence-electron chi connectivity index (χ0n) is 15.1. The van der Waals surface area contributed by atoms with Gasteiger partial charge in [0.1, 0.15) is 5.82 Å². The Bertz CT molecular complexity index is 784. The SMILES string of the molecule is CCCn1ccnc1CN1CCC[C@]2(C1)C(=O)N(C)c1ccccc12. The minimum absolute atomic E-state index is 0.246. The molecule has 0 bridgehead atoms. The van der Waals surface area contributed by atoms with Crippen molar-refractivity contribution in [3.8, 4) is 0 Å². The fourth-order valence-corrected chi connectivity index (χ4v) is 4.53. The standard InChI is InChI=1S/C20H26N4O/c1-3-11-24-13-10-21-18(24)14-23-12-6-9-20(15-23)16-7-4-5-8-17(16)22(2)19(20)25/h4-5,7-8,10,13H,3,6,9,11-12,14-15H2,1-2H3/t20-/m1/s1. The van der Waals surface area contributed by atoms with Crippen LogP contribution in [0.15, 0.2) is 36.7 Å². The van der Waals surface area contributed by atoms with Crippen molar-refractivity contribution in [2.24, 2.45) is 0 Å². The van der Waals surface area contributed by atoms with Crippen LogP contribution in [-0.4, -0.2) is 40.5 Å². The zero-order valence-corrected chi connectivity index (χ0v) is 15.1. The predicted molar refractivity (Wildman–Crippen MR) is 98.6 cm³/mol. The molecule has 1 spiro atoms. The topological polar surface area (TPSA) is 41.4 Å². The number of likely N-dealkylation sites (tertiary alicyclic amines) is 1. The number of para-hydroxylation sites is 1. The zero-order chi connectivity index (χ0) is 17.4. The molecular weight excluding hydrogens is 312 g/mol. The Morgan fingerprint density at radius 2 is 2.12 bits per heavy atom. The van der Waals surface area contributed by atoms with Gasteiger partial charge in [0.15, 0.2) is 0 Å². The Hall–Kier alpha value is -2.14. The number of hydrogen-bond acceptors (Lipinski definition) is 3. The van der Waals surface area contributed by atoms with Gasteiger partial charge in [0.25, 0.3) is 0 Å². The average molecular weight is 338 g/mol. The third-order valence-electron chi connectivity index (χ3n) is 5.70. The van der Waals surface area contributed by atoms with Crippen molar-refractivity contribution in [3.05, 3.63) is 48.0 Å². The molecule has 0 radical (unpaired) electrons. The van der Waals surface area contributed by atoms with Crippen LogP contribution in [0.4, 0.5) is 5.69 Å². The lowest BCUT2D eigenvalue weighted by molar-refractivity contribution is -0.125. The molecule has 132 valence electrons. The Balaban J connectivity index is 1.61. The first kappa shape index (κ1) is 16.3. The smallest absolute Gasteiger partial charge is 0.238 e. The van der Waals surface area contributed by atoms with Crippen LogP contribution < -0.4 is 4.90 Å². The van der Waals surface area contributed by atoms with Gasteiger partial charge >= 0.3 is 0 Å². The molecule has 1 saturated heterocycles. The van der Waals surface area contributed by atoms with Crippen molar-refractivity contribution in [3.63, 3.8) is 0 Å². The molecule has 1 amide bonds. The van der Waals surface area contributed by atoms with E-state index in [0.29, 0.717) is 0 Å². The number of rotatable bonds is 4. The Kier molecular flexibility index (Phi) is 4.12. The first-order valence-electron chi connectivity index (χ1n) is 9.26. The van der Waals surface area contributed by atoms with Crippen molar-refractivity contribution in [1.82, 2.24) is 14.5 Å². The predicted octanol–water partition coefficient (Wildman–Crippen LogP) is 2.80. The molecule has 0 aliphatic carbocycles.